The Bertz CT molecular complexity index is 862. The first-order valence-electron chi connectivity index (χ1n) is 10.6. The molecule has 1 aliphatic rings. The van der Waals surface area contributed by atoms with E-state index < -0.39 is 5.60 Å². The first kappa shape index (κ1) is 26.4. The van der Waals surface area contributed by atoms with Crippen LogP contribution in [0.1, 0.15) is 61.3 Å². The van der Waals surface area contributed by atoms with Gasteiger partial charge in [-0.05, 0) is 56.8 Å². The minimum Gasteiger partial charge on any atom is -0.462 e. The van der Waals surface area contributed by atoms with Gasteiger partial charge in [0, 0.05) is 18.9 Å². The minimum atomic E-state index is -1.09. The molecule has 0 aromatic rings. The topological polar surface area (TPSA) is 63.6 Å². The highest BCUT2D eigenvalue weighted by Crippen LogP contribution is 2.46. The van der Waals surface area contributed by atoms with Gasteiger partial charge in [-0.3, -0.25) is 9.59 Å². The molecule has 4 heteroatoms. The lowest BCUT2D eigenvalue weighted by atomic mass is 9.65. The molecular formula is C27H36O4. The van der Waals surface area contributed by atoms with Crippen LogP contribution in [0.3, 0.4) is 0 Å². The first-order valence-corrected chi connectivity index (χ1v) is 10.6. The standard InChI is InChI=1S/C27H36O4/c1-20(11-8-9-12-22(3)19-28)13-10-14-21(2)15-16-25-26(5,6)17-24(31-23(4)29)18-27(25,7)30/h8-15,19,24,30H,17-18H2,1-7H3. The van der Waals surface area contributed by atoms with Gasteiger partial charge < -0.3 is 9.84 Å². The fourth-order valence-corrected chi connectivity index (χ4v) is 3.78. The quantitative estimate of drug-likeness (QED) is 0.187. The predicted molar refractivity (Wildman–Crippen MR) is 126 cm³/mol. The number of esters is 1. The Balaban J connectivity index is 2.94. The van der Waals surface area contributed by atoms with Gasteiger partial charge in [0.05, 0.1) is 5.60 Å². The highest BCUT2D eigenvalue weighted by atomic mass is 16.5. The summed E-state index contributed by atoms with van der Waals surface area (Å²) in [6.07, 6.45) is 16.8. The van der Waals surface area contributed by atoms with Crippen molar-refractivity contribution in [2.24, 2.45) is 5.41 Å². The van der Waals surface area contributed by atoms with E-state index in [0.717, 1.165) is 23.0 Å². The number of aliphatic hydroxyl groups is 1. The van der Waals surface area contributed by atoms with Crippen LogP contribution < -0.4 is 0 Å². The molecular weight excluding hydrogens is 388 g/mol. The molecule has 31 heavy (non-hydrogen) atoms. The van der Waals surface area contributed by atoms with E-state index in [9.17, 15) is 14.7 Å². The molecule has 168 valence electrons. The molecule has 0 aromatic carbocycles. The Morgan fingerprint density at radius 3 is 2.10 bits per heavy atom. The molecule has 1 aliphatic carbocycles. The van der Waals surface area contributed by atoms with E-state index in [1.165, 1.54) is 6.92 Å². The van der Waals surface area contributed by atoms with Gasteiger partial charge in [-0.2, -0.15) is 0 Å². The number of hydrogen-bond acceptors (Lipinski definition) is 4. The summed E-state index contributed by atoms with van der Waals surface area (Å²) in [6.45, 7) is 13.0. The zero-order chi connectivity index (χ0) is 23.7. The Kier molecular flexibility index (Phi) is 9.90. The molecule has 1 fully saturated rings. The van der Waals surface area contributed by atoms with Crippen molar-refractivity contribution in [3.05, 3.63) is 76.6 Å². The monoisotopic (exact) mass is 424 g/mol. The summed E-state index contributed by atoms with van der Waals surface area (Å²) < 4.78 is 5.36. The first-order chi connectivity index (χ1) is 14.4. The van der Waals surface area contributed by atoms with E-state index in [4.69, 9.17) is 4.74 Å². The van der Waals surface area contributed by atoms with Gasteiger partial charge in [0.25, 0.3) is 0 Å². The number of aldehydes is 1. The highest BCUT2D eigenvalue weighted by molar-refractivity contribution is 5.72. The molecule has 1 rings (SSSR count). The summed E-state index contributed by atoms with van der Waals surface area (Å²) in [5.41, 5.74) is 5.47. The molecule has 0 bridgehead atoms. The van der Waals surface area contributed by atoms with Crippen molar-refractivity contribution in [1.82, 2.24) is 0 Å². The largest absolute Gasteiger partial charge is 0.462 e. The van der Waals surface area contributed by atoms with Crippen molar-refractivity contribution in [1.29, 1.82) is 0 Å². The summed E-state index contributed by atoms with van der Waals surface area (Å²) in [6, 6.07) is 0. The smallest absolute Gasteiger partial charge is 0.302 e. The summed E-state index contributed by atoms with van der Waals surface area (Å²) in [4.78, 5) is 21.9. The number of ether oxygens (including phenoxy) is 1. The Labute approximate surface area is 187 Å². The summed E-state index contributed by atoms with van der Waals surface area (Å²) in [5, 5.41) is 11.0. The van der Waals surface area contributed by atoms with Crippen LogP contribution in [0.4, 0.5) is 0 Å². The number of rotatable bonds is 7. The maximum absolute atomic E-state index is 11.3. The van der Waals surface area contributed by atoms with Gasteiger partial charge in [0.15, 0.2) is 0 Å². The van der Waals surface area contributed by atoms with Crippen LogP contribution in [0.2, 0.25) is 0 Å². The molecule has 1 saturated carbocycles. The van der Waals surface area contributed by atoms with Gasteiger partial charge in [-0.15, -0.1) is 5.73 Å². The third-order valence-corrected chi connectivity index (χ3v) is 5.09. The van der Waals surface area contributed by atoms with Crippen LogP contribution in [0, 0.1) is 5.41 Å². The van der Waals surface area contributed by atoms with Gasteiger partial charge >= 0.3 is 5.97 Å². The molecule has 1 N–H and O–H groups in total. The molecule has 0 aliphatic heterocycles. The van der Waals surface area contributed by atoms with Gasteiger partial charge in [0.1, 0.15) is 12.4 Å². The van der Waals surface area contributed by atoms with Crippen LogP contribution in [0.5, 0.6) is 0 Å². The molecule has 0 saturated heterocycles. The maximum Gasteiger partial charge on any atom is 0.302 e. The summed E-state index contributed by atoms with van der Waals surface area (Å²) in [5.74, 6) is -0.322. The Morgan fingerprint density at radius 2 is 1.55 bits per heavy atom. The van der Waals surface area contributed by atoms with Crippen molar-refractivity contribution in [2.75, 3.05) is 0 Å². The van der Waals surface area contributed by atoms with Crippen LogP contribution >= 0.6 is 0 Å². The van der Waals surface area contributed by atoms with Crippen molar-refractivity contribution in [2.45, 2.75) is 73.0 Å². The second kappa shape index (κ2) is 11.6. The fraction of sp³-hybridized carbons (Fsp3) is 0.444. The maximum atomic E-state index is 11.3. The van der Waals surface area contributed by atoms with Crippen molar-refractivity contribution >= 4 is 12.3 Å². The molecule has 4 nitrogen and oxygen atoms in total. The van der Waals surface area contributed by atoms with Crippen LogP contribution in [0.25, 0.3) is 0 Å². The van der Waals surface area contributed by atoms with Crippen molar-refractivity contribution in [3.63, 3.8) is 0 Å². The number of hydrogen-bond donors (Lipinski definition) is 1. The normalized spacial score (nSPS) is 25.0. The summed E-state index contributed by atoms with van der Waals surface area (Å²) >= 11 is 0. The lowest BCUT2D eigenvalue weighted by Gasteiger charge is -2.44. The van der Waals surface area contributed by atoms with E-state index in [1.54, 1.807) is 19.9 Å². The Hall–Kier alpha value is -2.68. The van der Waals surface area contributed by atoms with Crippen LogP contribution in [-0.4, -0.2) is 29.1 Å². The molecule has 0 radical (unpaired) electrons. The fourth-order valence-electron chi connectivity index (χ4n) is 3.78. The minimum absolute atomic E-state index is 0.297. The van der Waals surface area contributed by atoms with Gasteiger partial charge in [0.2, 0.25) is 0 Å². The van der Waals surface area contributed by atoms with Gasteiger partial charge in [-0.1, -0.05) is 62.0 Å². The number of carbonyl (C=O) groups is 2. The molecule has 0 amide bonds. The predicted octanol–water partition coefficient (Wildman–Crippen LogP) is 5.72. The zero-order valence-electron chi connectivity index (χ0n) is 19.9. The zero-order valence-corrected chi connectivity index (χ0v) is 19.9. The average Bonchev–Trinajstić information content (AvgIpc) is 2.62. The second-order valence-electron chi connectivity index (χ2n) is 9.06. The second-order valence-corrected chi connectivity index (χ2v) is 9.06. The molecule has 2 atom stereocenters. The molecule has 0 spiro atoms. The molecule has 0 heterocycles. The van der Waals surface area contributed by atoms with E-state index in [-0.39, 0.29) is 17.5 Å². The summed E-state index contributed by atoms with van der Waals surface area (Å²) in [7, 11) is 0. The van der Waals surface area contributed by atoms with Crippen molar-refractivity contribution < 1.29 is 19.4 Å². The SMILES string of the molecule is CC(=O)OC1CC(C)(C)C(=C=CC(C)=CC=CC(C)=CC=CC=C(C)C=O)C(C)(O)C1. The number of allylic oxidation sites excluding steroid dienone is 10. The third-order valence-electron chi connectivity index (χ3n) is 5.09. The van der Waals surface area contributed by atoms with Gasteiger partial charge in [-0.25, -0.2) is 0 Å². The van der Waals surface area contributed by atoms with E-state index >= 15 is 0 Å². The average molecular weight is 425 g/mol. The Morgan fingerprint density at radius 1 is 0.968 bits per heavy atom. The number of carbonyl (C=O) groups excluding carboxylic acids is 2. The van der Waals surface area contributed by atoms with Crippen LogP contribution in [0.15, 0.2) is 76.6 Å². The molecule has 0 aromatic heterocycles. The lowest BCUT2D eigenvalue weighted by Crippen LogP contribution is -2.46. The third kappa shape index (κ3) is 9.33. The lowest BCUT2D eigenvalue weighted by molar-refractivity contribution is -0.152. The van der Waals surface area contributed by atoms with Crippen LogP contribution in [-0.2, 0) is 14.3 Å². The van der Waals surface area contributed by atoms with E-state index in [1.807, 2.05) is 70.2 Å². The molecule has 2 unspecified atom stereocenters. The van der Waals surface area contributed by atoms with E-state index in [0.29, 0.717) is 18.4 Å². The van der Waals surface area contributed by atoms with E-state index in [2.05, 4.69) is 5.73 Å². The highest BCUT2D eigenvalue weighted by Gasteiger charge is 2.46. The van der Waals surface area contributed by atoms with Crippen molar-refractivity contribution in [3.8, 4) is 0 Å².